The molecule has 0 spiro atoms. The van der Waals surface area contributed by atoms with E-state index >= 15 is 0 Å². The molecule has 0 aromatic heterocycles. The van der Waals surface area contributed by atoms with Crippen LogP contribution in [0.4, 0.5) is 5.69 Å². The fourth-order valence-corrected chi connectivity index (χ4v) is 1.71. The summed E-state index contributed by atoms with van der Waals surface area (Å²) >= 11 is 0. The number of hydrogen-bond donors (Lipinski definition) is 1. The molecule has 1 aromatic rings. The van der Waals surface area contributed by atoms with Crippen molar-refractivity contribution in [3.05, 3.63) is 29.8 Å². The van der Waals surface area contributed by atoms with E-state index in [0.29, 0.717) is 6.04 Å². The van der Waals surface area contributed by atoms with Gasteiger partial charge in [-0.15, -0.1) is 0 Å². The standard InChI is InChI=1S/C14H23N/c1-4-6-7-13(5-2)15-14-10-8-12(3)9-11-14/h8-11,13,15H,4-7H2,1-3H3. The summed E-state index contributed by atoms with van der Waals surface area (Å²) in [5, 5.41) is 3.59. The first-order valence-electron chi connectivity index (χ1n) is 6.09. The summed E-state index contributed by atoms with van der Waals surface area (Å²) in [5.74, 6) is 0. The van der Waals surface area contributed by atoms with Crippen LogP contribution >= 0.6 is 0 Å². The Morgan fingerprint density at radius 1 is 1.13 bits per heavy atom. The molecule has 0 radical (unpaired) electrons. The van der Waals surface area contributed by atoms with Crippen LogP contribution in [0.15, 0.2) is 24.3 Å². The summed E-state index contributed by atoms with van der Waals surface area (Å²) in [5.41, 5.74) is 2.57. The topological polar surface area (TPSA) is 12.0 Å². The minimum Gasteiger partial charge on any atom is -0.382 e. The highest BCUT2D eigenvalue weighted by Gasteiger charge is 2.04. The van der Waals surface area contributed by atoms with E-state index in [2.05, 4.69) is 50.4 Å². The number of nitrogens with one attached hydrogen (secondary N) is 1. The second-order valence-electron chi connectivity index (χ2n) is 4.26. The zero-order chi connectivity index (χ0) is 11.1. The van der Waals surface area contributed by atoms with Crippen LogP contribution in [-0.4, -0.2) is 6.04 Å². The molecule has 84 valence electrons. The number of hydrogen-bond acceptors (Lipinski definition) is 1. The van der Waals surface area contributed by atoms with E-state index in [4.69, 9.17) is 0 Å². The van der Waals surface area contributed by atoms with E-state index in [9.17, 15) is 0 Å². The Balaban J connectivity index is 2.47. The number of rotatable bonds is 6. The van der Waals surface area contributed by atoms with Crippen molar-refractivity contribution in [3.8, 4) is 0 Å². The quantitative estimate of drug-likeness (QED) is 0.727. The molecular weight excluding hydrogens is 182 g/mol. The maximum atomic E-state index is 3.59. The normalized spacial score (nSPS) is 12.5. The van der Waals surface area contributed by atoms with Crippen molar-refractivity contribution in [3.63, 3.8) is 0 Å². The fourth-order valence-electron chi connectivity index (χ4n) is 1.71. The van der Waals surface area contributed by atoms with Gasteiger partial charge >= 0.3 is 0 Å². The van der Waals surface area contributed by atoms with Crippen molar-refractivity contribution < 1.29 is 0 Å². The summed E-state index contributed by atoms with van der Waals surface area (Å²) in [6.45, 7) is 6.62. The van der Waals surface area contributed by atoms with Gasteiger partial charge in [-0.05, 0) is 31.9 Å². The van der Waals surface area contributed by atoms with Crippen molar-refractivity contribution in [2.75, 3.05) is 5.32 Å². The second kappa shape index (κ2) is 6.49. The Morgan fingerprint density at radius 2 is 1.80 bits per heavy atom. The molecule has 0 saturated carbocycles. The summed E-state index contributed by atoms with van der Waals surface area (Å²) < 4.78 is 0. The monoisotopic (exact) mass is 205 g/mol. The molecule has 0 fully saturated rings. The first-order chi connectivity index (χ1) is 7.26. The SMILES string of the molecule is CCCCC(CC)Nc1ccc(C)cc1. The average molecular weight is 205 g/mol. The maximum absolute atomic E-state index is 3.59. The van der Waals surface area contributed by atoms with E-state index in [1.54, 1.807) is 0 Å². The average Bonchev–Trinajstić information content (AvgIpc) is 2.27. The molecule has 0 aliphatic heterocycles. The molecule has 0 bridgehead atoms. The summed E-state index contributed by atoms with van der Waals surface area (Å²) in [6, 6.07) is 9.30. The Labute approximate surface area is 93.9 Å². The zero-order valence-electron chi connectivity index (χ0n) is 10.2. The van der Waals surface area contributed by atoms with E-state index in [0.717, 1.165) is 0 Å². The maximum Gasteiger partial charge on any atom is 0.0342 e. The minimum atomic E-state index is 0.632. The molecule has 0 saturated heterocycles. The van der Waals surface area contributed by atoms with Crippen molar-refractivity contribution in [2.45, 2.75) is 52.5 Å². The van der Waals surface area contributed by atoms with Crippen LogP contribution in [-0.2, 0) is 0 Å². The van der Waals surface area contributed by atoms with Gasteiger partial charge in [0.1, 0.15) is 0 Å². The van der Waals surface area contributed by atoms with Crippen LogP contribution in [0.3, 0.4) is 0 Å². The Bertz CT molecular complexity index is 263. The third-order valence-electron chi connectivity index (χ3n) is 2.82. The highest BCUT2D eigenvalue weighted by atomic mass is 14.9. The van der Waals surface area contributed by atoms with Gasteiger partial charge in [0.25, 0.3) is 0 Å². The van der Waals surface area contributed by atoms with Gasteiger partial charge in [0.05, 0.1) is 0 Å². The third-order valence-corrected chi connectivity index (χ3v) is 2.82. The molecule has 1 atom stereocenters. The Hall–Kier alpha value is -0.980. The van der Waals surface area contributed by atoms with Crippen molar-refractivity contribution in [1.29, 1.82) is 0 Å². The number of aryl methyl sites for hydroxylation is 1. The lowest BCUT2D eigenvalue weighted by Crippen LogP contribution is -2.18. The predicted molar refractivity (Wildman–Crippen MR) is 68.4 cm³/mol. The van der Waals surface area contributed by atoms with E-state index in [-0.39, 0.29) is 0 Å². The molecule has 1 nitrogen and oxygen atoms in total. The first kappa shape index (κ1) is 12.1. The van der Waals surface area contributed by atoms with E-state index in [1.165, 1.54) is 36.9 Å². The lowest BCUT2D eigenvalue weighted by atomic mass is 10.1. The van der Waals surface area contributed by atoms with Crippen molar-refractivity contribution in [1.82, 2.24) is 0 Å². The smallest absolute Gasteiger partial charge is 0.0342 e. The van der Waals surface area contributed by atoms with Crippen molar-refractivity contribution >= 4 is 5.69 Å². The zero-order valence-corrected chi connectivity index (χ0v) is 10.2. The largest absolute Gasteiger partial charge is 0.382 e. The molecule has 1 unspecified atom stereocenters. The Kier molecular flexibility index (Phi) is 5.23. The number of unbranched alkanes of at least 4 members (excludes halogenated alkanes) is 1. The van der Waals surface area contributed by atoms with Crippen LogP contribution in [0, 0.1) is 6.92 Å². The second-order valence-corrected chi connectivity index (χ2v) is 4.26. The molecule has 0 aliphatic carbocycles. The highest BCUT2D eigenvalue weighted by Crippen LogP contribution is 2.14. The third kappa shape index (κ3) is 4.37. The van der Waals surface area contributed by atoms with Gasteiger partial charge in [0, 0.05) is 11.7 Å². The number of benzene rings is 1. The highest BCUT2D eigenvalue weighted by molar-refractivity contribution is 5.45. The van der Waals surface area contributed by atoms with Gasteiger partial charge < -0.3 is 5.32 Å². The van der Waals surface area contributed by atoms with E-state index in [1.807, 2.05) is 0 Å². The molecule has 0 amide bonds. The molecule has 1 N–H and O–H groups in total. The van der Waals surface area contributed by atoms with Crippen LogP contribution in [0.2, 0.25) is 0 Å². The van der Waals surface area contributed by atoms with E-state index < -0.39 is 0 Å². The van der Waals surface area contributed by atoms with Crippen LogP contribution in [0.5, 0.6) is 0 Å². The van der Waals surface area contributed by atoms with Crippen LogP contribution in [0.25, 0.3) is 0 Å². The van der Waals surface area contributed by atoms with Crippen LogP contribution < -0.4 is 5.32 Å². The van der Waals surface area contributed by atoms with Crippen molar-refractivity contribution in [2.24, 2.45) is 0 Å². The lowest BCUT2D eigenvalue weighted by Gasteiger charge is -2.18. The van der Waals surface area contributed by atoms with Gasteiger partial charge in [-0.3, -0.25) is 0 Å². The summed E-state index contributed by atoms with van der Waals surface area (Å²) in [6.07, 6.45) is 5.08. The Morgan fingerprint density at radius 3 is 2.33 bits per heavy atom. The molecule has 1 rings (SSSR count). The van der Waals surface area contributed by atoms with Gasteiger partial charge in [-0.2, -0.15) is 0 Å². The molecular formula is C14H23N. The fraction of sp³-hybridized carbons (Fsp3) is 0.571. The molecule has 15 heavy (non-hydrogen) atoms. The predicted octanol–water partition coefficient (Wildman–Crippen LogP) is 4.38. The molecule has 0 heterocycles. The molecule has 0 aliphatic rings. The number of anilines is 1. The minimum absolute atomic E-state index is 0.632. The summed E-state index contributed by atoms with van der Waals surface area (Å²) in [7, 11) is 0. The van der Waals surface area contributed by atoms with Gasteiger partial charge in [-0.1, -0.05) is 44.4 Å². The summed E-state index contributed by atoms with van der Waals surface area (Å²) in [4.78, 5) is 0. The first-order valence-corrected chi connectivity index (χ1v) is 6.09. The molecule has 1 heteroatoms. The lowest BCUT2D eigenvalue weighted by molar-refractivity contribution is 0.593. The molecule has 1 aromatic carbocycles. The van der Waals surface area contributed by atoms with Crippen LogP contribution in [0.1, 0.15) is 45.1 Å². The van der Waals surface area contributed by atoms with Gasteiger partial charge in [0.2, 0.25) is 0 Å². The van der Waals surface area contributed by atoms with Gasteiger partial charge in [0.15, 0.2) is 0 Å². The van der Waals surface area contributed by atoms with Gasteiger partial charge in [-0.25, -0.2) is 0 Å².